The summed E-state index contributed by atoms with van der Waals surface area (Å²) in [6, 6.07) is 6.38. The summed E-state index contributed by atoms with van der Waals surface area (Å²) in [6.45, 7) is 0. The van der Waals surface area contributed by atoms with Crippen LogP contribution in [0.5, 0.6) is 0 Å². The Morgan fingerprint density at radius 2 is 2.27 bits per heavy atom. The van der Waals surface area contributed by atoms with Gasteiger partial charge < -0.3 is 5.02 Å². The average Bonchev–Trinajstić information content (AvgIpc) is 2.03. The van der Waals surface area contributed by atoms with Crippen LogP contribution in [0.15, 0.2) is 29.4 Å². The Kier molecular flexibility index (Phi) is 2.62. The molecule has 0 spiro atoms. The second-order valence-electron chi connectivity index (χ2n) is 2.03. The van der Waals surface area contributed by atoms with E-state index in [1.54, 1.807) is 18.2 Å². The largest absolute Gasteiger partial charge is 0.517 e. The maximum atomic E-state index is 9.87. The molecule has 1 rings (SSSR count). The van der Waals surface area contributed by atoms with Gasteiger partial charge in [-0.15, -0.1) is 0 Å². The van der Waals surface area contributed by atoms with Crippen LogP contribution in [-0.4, -0.2) is 12.1 Å². The molecule has 1 aromatic rings. The zero-order valence-electron chi connectivity index (χ0n) is 5.57. The Morgan fingerprint density at radius 1 is 1.55 bits per heavy atom. The lowest BCUT2D eigenvalue weighted by Crippen LogP contribution is -2.27. The van der Waals surface area contributed by atoms with Crippen LogP contribution in [0.25, 0.3) is 0 Å². The van der Waals surface area contributed by atoms with Crippen LogP contribution in [0.2, 0.25) is 5.02 Å². The van der Waals surface area contributed by atoms with Crippen LogP contribution in [0.4, 0.5) is 0 Å². The molecule has 0 unspecified atom stereocenters. The highest BCUT2D eigenvalue weighted by Gasteiger charge is 2.14. The van der Waals surface area contributed by atoms with E-state index in [-0.39, 0.29) is 0 Å². The predicted octanol–water partition coefficient (Wildman–Crippen LogP) is 0.794. The molecule has 1 N–H and O–H groups in total. The Morgan fingerprint density at radius 3 is 2.82 bits per heavy atom. The van der Waals surface area contributed by atoms with Crippen molar-refractivity contribution in [3.05, 3.63) is 34.2 Å². The Bertz CT molecular complexity index is 269. The number of benzene rings is 1. The second kappa shape index (κ2) is 3.50. The van der Waals surface area contributed by atoms with Gasteiger partial charge in [-0.25, -0.2) is 0 Å². The fourth-order valence-electron chi connectivity index (χ4n) is 0.728. The lowest BCUT2D eigenvalue weighted by molar-refractivity contribution is 0.587. The van der Waals surface area contributed by atoms with Gasteiger partial charge in [0.2, 0.25) is 0 Å². The van der Waals surface area contributed by atoms with Crippen molar-refractivity contribution >= 4 is 24.1 Å². The summed E-state index contributed by atoms with van der Waals surface area (Å²) in [5.41, 5.74) is 0.410. The van der Waals surface area contributed by atoms with Crippen LogP contribution < -0.4 is 5.46 Å². The molecule has 3 nitrogen and oxygen atoms in total. The average molecular weight is 169 g/mol. The van der Waals surface area contributed by atoms with Gasteiger partial charge in [0.25, 0.3) is 0 Å². The zero-order valence-corrected chi connectivity index (χ0v) is 6.32. The molecular weight excluding hydrogens is 164 g/mol. The van der Waals surface area contributed by atoms with Crippen molar-refractivity contribution in [1.82, 2.24) is 0 Å². The van der Waals surface area contributed by atoms with Gasteiger partial charge in [-0.2, -0.15) is 4.91 Å². The van der Waals surface area contributed by atoms with Gasteiger partial charge in [-0.05, 0) is 17.6 Å². The summed E-state index contributed by atoms with van der Waals surface area (Å²) in [4.78, 5) is 9.87. The molecule has 0 amide bonds. The first-order valence-corrected chi connectivity index (χ1v) is 3.38. The molecule has 0 bridgehead atoms. The molecule has 0 saturated carbocycles. The van der Waals surface area contributed by atoms with Gasteiger partial charge in [0.15, 0.2) is 0 Å². The molecule has 0 saturated heterocycles. The van der Waals surface area contributed by atoms with Crippen molar-refractivity contribution in [2.45, 2.75) is 0 Å². The van der Waals surface area contributed by atoms with Gasteiger partial charge in [-0.3, -0.25) is 0 Å². The molecule has 0 aliphatic carbocycles. The Balaban J connectivity index is 2.95. The van der Waals surface area contributed by atoms with E-state index in [1.165, 1.54) is 6.07 Å². The van der Waals surface area contributed by atoms with E-state index in [1.807, 2.05) is 0 Å². The minimum atomic E-state index is -1.31. The van der Waals surface area contributed by atoms with Gasteiger partial charge in [-0.1, -0.05) is 28.8 Å². The fraction of sp³-hybridized carbons (Fsp3) is 0. The Hall–Kier alpha value is -0.865. The number of hydrogen-bond donors (Lipinski definition) is 1. The summed E-state index contributed by atoms with van der Waals surface area (Å²) in [5.74, 6) is 0. The quantitative estimate of drug-likeness (QED) is 0.526. The first-order chi connectivity index (χ1) is 5.24. The maximum absolute atomic E-state index is 9.87. The topological polar surface area (TPSA) is 49.7 Å². The molecule has 0 aromatic heterocycles. The number of hydrogen-bond acceptors (Lipinski definition) is 3. The summed E-state index contributed by atoms with van der Waals surface area (Å²) in [7, 11) is -1.31. The van der Waals surface area contributed by atoms with E-state index < -0.39 is 7.05 Å². The maximum Gasteiger partial charge on any atom is 0.517 e. The molecule has 0 fully saturated rings. The van der Waals surface area contributed by atoms with E-state index in [9.17, 15) is 4.91 Å². The predicted molar refractivity (Wildman–Crippen MR) is 44.9 cm³/mol. The minimum absolute atomic E-state index is 0.410. The first kappa shape index (κ1) is 8.23. The van der Waals surface area contributed by atoms with Crippen LogP contribution in [0.3, 0.4) is 0 Å². The molecular formula is C6H5BClNO2. The molecule has 1 aromatic carbocycles. The number of nitroso groups, excluding NO2 is 1. The number of rotatable bonds is 2. The summed E-state index contributed by atoms with van der Waals surface area (Å²) < 4.78 is 0. The van der Waals surface area contributed by atoms with Crippen molar-refractivity contribution in [2.24, 2.45) is 5.09 Å². The SMILES string of the molecule is O=NB(O)c1cccc(Cl)c1. The molecule has 0 aliphatic heterocycles. The summed E-state index contributed by atoms with van der Waals surface area (Å²) in [6.07, 6.45) is 0. The van der Waals surface area contributed by atoms with E-state index in [0.29, 0.717) is 10.5 Å². The molecule has 11 heavy (non-hydrogen) atoms. The molecule has 56 valence electrons. The van der Waals surface area contributed by atoms with Gasteiger partial charge in [0.05, 0.1) is 0 Å². The summed E-state index contributed by atoms with van der Waals surface area (Å²) >= 11 is 5.59. The first-order valence-electron chi connectivity index (χ1n) is 3.00. The van der Waals surface area contributed by atoms with E-state index >= 15 is 0 Å². The van der Waals surface area contributed by atoms with Gasteiger partial charge in [0.1, 0.15) is 0 Å². The number of nitrogens with zero attached hydrogens (tertiary/aromatic N) is 1. The van der Waals surface area contributed by atoms with Crippen molar-refractivity contribution < 1.29 is 5.02 Å². The van der Waals surface area contributed by atoms with E-state index in [0.717, 1.165) is 0 Å². The van der Waals surface area contributed by atoms with E-state index in [2.05, 4.69) is 5.09 Å². The van der Waals surface area contributed by atoms with Crippen molar-refractivity contribution in [3.63, 3.8) is 0 Å². The van der Waals surface area contributed by atoms with E-state index in [4.69, 9.17) is 16.6 Å². The molecule has 0 atom stereocenters. The standard InChI is InChI=1S/C6H5BClNO2/c8-6-3-1-2-5(4-6)7(10)9-11/h1-4,10H. The highest BCUT2D eigenvalue weighted by atomic mass is 35.5. The highest BCUT2D eigenvalue weighted by Crippen LogP contribution is 2.03. The van der Waals surface area contributed by atoms with Crippen LogP contribution in [0, 0.1) is 4.91 Å². The lowest BCUT2D eigenvalue weighted by Gasteiger charge is -1.96. The highest BCUT2D eigenvalue weighted by molar-refractivity contribution is 6.64. The van der Waals surface area contributed by atoms with Crippen LogP contribution in [-0.2, 0) is 0 Å². The summed E-state index contributed by atoms with van der Waals surface area (Å²) in [5, 5.41) is 11.8. The van der Waals surface area contributed by atoms with Gasteiger partial charge in [0, 0.05) is 5.02 Å². The monoisotopic (exact) mass is 169 g/mol. The normalized spacial score (nSPS) is 9.27. The lowest BCUT2D eigenvalue weighted by atomic mass is 9.76. The third-order valence-corrected chi connectivity index (χ3v) is 1.48. The molecule has 0 heterocycles. The van der Waals surface area contributed by atoms with Crippen molar-refractivity contribution in [3.8, 4) is 0 Å². The number of halogens is 1. The third-order valence-electron chi connectivity index (χ3n) is 1.25. The van der Waals surface area contributed by atoms with Crippen LogP contribution in [0.1, 0.15) is 0 Å². The fourth-order valence-corrected chi connectivity index (χ4v) is 0.927. The Labute approximate surface area is 69.1 Å². The smallest absolute Gasteiger partial charge is 0.425 e. The van der Waals surface area contributed by atoms with Crippen molar-refractivity contribution in [1.29, 1.82) is 0 Å². The minimum Gasteiger partial charge on any atom is -0.425 e. The third kappa shape index (κ3) is 2.03. The molecule has 0 aliphatic rings. The van der Waals surface area contributed by atoms with Crippen molar-refractivity contribution in [2.75, 3.05) is 0 Å². The van der Waals surface area contributed by atoms with Crippen LogP contribution >= 0.6 is 11.6 Å². The molecule has 5 heteroatoms. The second-order valence-corrected chi connectivity index (χ2v) is 2.47. The zero-order chi connectivity index (χ0) is 8.27. The van der Waals surface area contributed by atoms with Gasteiger partial charge >= 0.3 is 7.05 Å². The molecule has 0 radical (unpaired) electrons.